The molecule has 0 amide bonds. The van der Waals surface area contributed by atoms with Gasteiger partial charge in [-0.05, 0) is 24.6 Å². The zero-order valence-electron chi connectivity index (χ0n) is 8.05. The molecule has 1 atom stereocenters. The summed E-state index contributed by atoms with van der Waals surface area (Å²) in [6.45, 7) is 2.07. The molecular weight excluding hydrogens is 196 g/mol. The lowest BCUT2D eigenvalue weighted by molar-refractivity contribution is 0.682. The quantitative estimate of drug-likeness (QED) is 0.782. The van der Waals surface area contributed by atoms with Crippen molar-refractivity contribution in [2.24, 2.45) is 5.73 Å². The van der Waals surface area contributed by atoms with Crippen LogP contribution in [-0.2, 0) is 0 Å². The summed E-state index contributed by atoms with van der Waals surface area (Å²) in [5, 5.41) is 1.82. The Kier molecular flexibility index (Phi) is 2.48. The van der Waals surface area contributed by atoms with Gasteiger partial charge < -0.3 is 10.7 Å². The maximum atomic E-state index is 6.06. The molecule has 3 heteroatoms. The topological polar surface area (TPSA) is 41.8 Å². The summed E-state index contributed by atoms with van der Waals surface area (Å²) >= 11 is 6.06. The fourth-order valence-electron chi connectivity index (χ4n) is 1.56. The lowest BCUT2D eigenvalue weighted by Gasteiger charge is -2.03. The van der Waals surface area contributed by atoms with E-state index in [4.69, 9.17) is 17.3 Å². The van der Waals surface area contributed by atoms with Crippen LogP contribution in [0.4, 0.5) is 0 Å². The summed E-state index contributed by atoms with van der Waals surface area (Å²) in [7, 11) is 0. The van der Waals surface area contributed by atoms with Gasteiger partial charge in [0.25, 0.3) is 0 Å². The van der Waals surface area contributed by atoms with Gasteiger partial charge in [0.05, 0.1) is 0 Å². The largest absolute Gasteiger partial charge is 0.357 e. The molecule has 1 aromatic heterocycles. The van der Waals surface area contributed by atoms with Crippen LogP contribution in [0.25, 0.3) is 10.9 Å². The van der Waals surface area contributed by atoms with Crippen molar-refractivity contribution in [1.29, 1.82) is 0 Å². The molecule has 1 aromatic carbocycles. The molecule has 2 aromatic rings. The fraction of sp³-hybridized carbons (Fsp3) is 0.273. The second kappa shape index (κ2) is 3.64. The first-order valence-electron chi connectivity index (χ1n) is 4.75. The number of aromatic nitrogens is 1. The SMILES string of the molecule is CC[C@H](N)c1cc2c(Cl)cccc2[nH]1. The third-order valence-corrected chi connectivity index (χ3v) is 2.80. The van der Waals surface area contributed by atoms with Gasteiger partial charge in [-0.2, -0.15) is 0 Å². The highest BCUT2D eigenvalue weighted by Crippen LogP contribution is 2.26. The van der Waals surface area contributed by atoms with Crippen molar-refractivity contribution in [1.82, 2.24) is 4.98 Å². The van der Waals surface area contributed by atoms with E-state index in [1.807, 2.05) is 24.3 Å². The van der Waals surface area contributed by atoms with Crippen LogP contribution in [0, 0.1) is 0 Å². The Hall–Kier alpha value is -0.990. The van der Waals surface area contributed by atoms with E-state index in [1.165, 1.54) is 0 Å². The Morgan fingerprint density at radius 3 is 2.93 bits per heavy atom. The maximum absolute atomic E-state index is 6.06. The Morgan fingerprint density at radius 2 is 2.29 bits per heavy atom. The molecule has 0 aliphatic rings. The molecule has 2 rings (SSSR count). The predicted molar refractivity (Wildman–Crippen MR) is 60.5 cm³/mol. The van der Waals surface area contributed by atoms with E-state index in [9.17, 15) is 0 Å². The monoisotopic (exact) mass is 208 g/mol. The summed E-state index contributed by atoms with van der Waals surface area (Å²) in [6, 6.07) is 7.93. The van der Waals surface area contributed by atoms with Crippen LogP contribution in [0.5, 0.6) is 0 Å². The number of fused-ring (bicyclic) bond motifs is 1. The smallest absolute Gasteiger partial charge is 0.0499 e. The van der Waals surface area contributed by atoms with E-state index in [-0.39, 0.29) is 6.04 Å². The third kappa shape index (κ3) is 1.51. The summed E-state index contributed by atoms with van der Waals surface area (Å²) in [4.78, 5) is 3.28. The molecule has 74 valence electrons. The third-order valence-electron chi connectivity index (χ3n) is 2.47. The van der Waals surface area contributed by atoms with Crippen molar-refractivity contribution in [3.63, 3.8) is 0 Å². The molecule has 1 heterocycles. The van der Waals surface area contributed by atoms with Crippen molar-refractivity contribution in [3.8, 4) is 0 Å². The van der Waals surface area contributed by atoms with Crippen LogP contribution in [0.15, 0.2) is 24.3 Å². The van der Waals surface area contributed by atoms with Crippen molar-refractivity contribution in [3.05, 3.63) is 35.0 Å². The Balaban J connectivity index is 2.56. The lowest BCUT2D eigenvalue weighted by atomic mass is 10.1. The van der Waals surface area contributed by atoms with E-state index >= 15 is 0 Å². The van der Waals surface area contributed by atoms with Crippen LogP contribution in [0.1, 0.15) is 25.1 Å². The van der Waals surface area contributed by atoms with Crippen molar-refractivity contribution in [2.45, 2.75) is 19.4 Å². The highest BCUT2D eigenvalue weighted by Gasteiger charge is 2.08. The molecule has 0 unspecified atom stereocenters. The molecule has 2 nitrogen and oxygen atoms in total. The average molecular weight is 209 g/mol. The number of aromatic amines is 1. The lowest BCUT2D eigenvalue weighted by Crippen LogP contribution is -2.08. The summed E-state index contributed by atoms with van der Waals surface area (Å²) < 4.78 is 0. The Labute approximate surface area is 88.1 Å². The molecule has 0 radical (unpaired) electrons. The molecule has 0 aliphatic heterocycles. The van der Waals surface area contributed by atoms with E-state index in [2.05, 4.69) is 11.9 Å². The standard InChI is InChI=1S/C11H13ClN2/c1-2-9(13)11-6-7-8(12)4-3-5-10(7)14-11/h3-6,9,14H,2,13H2,1H3/t9-/m0/s1. The van der Waals surface area contributed by atoms with Gasteiger partial charge in [0.1, 0.15) is 0 Å². The minimum Gasteiger partial charge on any atom is -0.357 e. The van der Waals surface area contributed by atoms with Crippen LogP contribution in [0.2, 0.25) is 5.02 Å². The van der Waals surface area contributed by atoms with E-state index < -0.39 is 0 Å². The molecular formula is C11H13ClN2. The fourth-order valence-corrected chi connectivity index (χ4v) is 1.79. The number of benzene rings is 1. The van der Waals surface area contributed by atoms with Gasteiger partial charge in [-0.15, -0.1) is 0 Å². The van der Waals surface area contributed by atoms with Crippen LogP contribution in [-0.4, -0.2) is 4.98 Å². The summed E-state index contributed by atoms with van der Waals surface area (Å²) in [5.74, 6) is 0. The highest BCUT2D eigenvalue weighted by atomic mass is 35.5. The Morgan fingerprint density at radius 1 is 1.50 bits per heavy atom. The molecule has 14 heavy (non-hydrogen) atoms. The number of nitrogens with two attached hydrogens (primary N) is 1. The zero-order valence-corrected chi connectivity index (χ0v) is 8.81. The number of hydrogen-bond acceptors (Lipinski definition) is 1. The maximum Gasteiger partial charge on any atom is 0.0499 e. The second-order valence-electron chi connectivity index (χ2n) is 3.44. The van der Waals surface area contributed by atoms with Crippen molar-refractivity contribution >= 4 is 22.5 Å². The van der Waals surface area contributed by atoms with Gasteiger partial charge >= 0.3 is 0 Å². The van der Waals surface area contributed by atoms with E-state index in [0.717, 1.165) is 28.0 Å². The Bertz CT molecular complexity index is 447. The second-order valence-corrected chi connectivity index (χ2v) is 3.85. The molecule has 0 aliphatic carbocycles. The highest BCUT2D eigenvalue weighted by molar-refractivity contribution is 6.35. The van der Waals surface area contributed by atoms with Gasteiger partial charge in [-0.1, -0.05) is 24.6 Å². The van der Waals surface area contributed by atoms with Crippen LogP contribution in [0.3, 0.4) is 0 Å². The van der Waals surface area contributed by atoms with Crippen molar-refractivity contribution in [2.75, 3.05) is 0 Å². The van der Waals surface area contributed by atoms with Crippen LogP contribution < -0.4 is 5.73 Å². The van der Waals surface area contributed by atoms with Gasteiger partial charge in [-0.25, -0.2) is 0 Å². The molecule has 0 fully saturated rings. The number of hydrogen-bond donors (Lipinski definition) is 2. The van der Waals surface area contributed by atoms with Gasteiger partial charge in [0.2, 0.25) is 0 Å². The van der Waals surface area contributed by atoms with E-state index in [1.54, 1.807) is 0 Å². The van der Waals surface area contributed by atoms with Gasteiger partial charge in [0, 0.05) is 27.7 Å². The normalized spacial score (nSPS) is 13.4. The first-order valence-corrected chi connectivity index (χ1v) is 5.13. The average Bonchev–Trinajstić information content (AvgIpc) is 2.62. The molecule has 3 N–H and O–H groups in total. The van der Waals surface area contributed by atoms with Crippen molar-refractivity contribution < 1.29 is 0 Å². The zero-order chi connectivity index (χ0) is 10.1. The predicted octanol–water partition coefficient (Wildman–Crippen LogP) is 3.23. The minimum atomic E-state index is 0.0680. The van der Waals surface area contributed by atoms with E-state index in [0.29, 0.717) is 0 Å². The minimum absolute atomic E-state index is 0.0680. The summed E-state index contributed by atoms with van der Waals surface area (Å²) in [6.07, 6.45) is 0.921. The first-order chi connectivity index (χ1) is 6.72. The summed E-state index contributed by atoms with van der Waals surface area (Å²) in [5.41, 5.74) is 8.04. The molecule has 0 bridgehead atoms. The molecule has 0 saturated heterocycles. The van der Waals surface area contributed by atoms with Crippen LogP contribution >= 0.6 is 11.6 Å². The number of nitrogens with one attached hydrogen (secondary N) is 1. The molecule has 0 spiro atoms. The number of H-pyrrole nitrogens is 1. The first kappa shape index (κ1) is 9.56. The molecule has 0 saturated carbocycles. The number of halogens is 1. The van der Waals surface area contributed by atoms with Gasteiger partial charge in [0.15, 0.2) is 0 Å². The number of rotatable bonds is 2. The van der Waals surface area contributed by atoms with Gasteiger partial charge in [-0.3, -0.25) is 0 Å².